The molecule has 3 heteroatoms. The van der Waals surface area contributed by atoms with Crippen LogP contribution in [0.4, 0.5) is 5.69 Å². The zero-order valence-corrected chi connectivity index (χ0v) is 13.0. The predicted octanol–water partition coefficient (Wildman–Crippen LogP) is 2.89. The highest BCUT2D eigenvalue weighted by molar-refractivity contribution is 5.52. The summed E-state index contributed by atoms with van der Waals surface area (Å²) in [5, 5.41) is 13.5. The number of benzene rings is 1. The number of hydrogen-bond acceptors (Lipinski definition) is 3. The lowest BCUT2D eigenvalue weighted by molar-refractivity contribution is 0.111. The molecule has 0 unspecified atom stereocenters. The minimum Gasteiger partial charge on any atom is -0.394 e. The molecule has 112 valence electrons. The maximum absolute atomic E-state index is 9.88. The summed E-state index contributed by atoms with van der Waals surface area (Å²) in [7, 11) is 0. The van der Waals surface area contributed by atoms with Crippen LogP contribution < -0.4 is 5.32 Å². The van der Waals surface area contributed by atoms with Crippen molar-refractivity contribution in [3.8, 4) is 0 Å². The molecule has 2 N–H and O–H groups in total. The summed E-state index contributed by atoms with van der Waals surface area (Å²) >= 11 is 0. The van der Waals surface area contributed by atoms with E-state index in [9.17, 15) is 5.11 Å². The number of rotatable bonds is 5. The Labute approximate surface area is 123 Å². The van der Waals surface area contributed by atoms with Gasteiger partial charge < -0.3 is 15.3 Å². The third-order valence-corrected chi connectivity index (χ3v) is 4.28. The van der Waals surface area contributed by atoms with E-state index in [4.69, 9.17) is 0 Å². The molecular formula is C17H28N2O. The first kappa shape index (κ1) is 15.3. The number of hydrogen-bond donors (Lipinski definition) is 2. The highest BCUT2D eigenvalue weighted by Gasteiger charge is 2.34. The second-order valence-corrected chi connectivity index (χ2v) is 6.57. The van der Waals surface area contributed by atoms with Gasteiger partial charge in [-0.2, -0.15) is 0 Å². The van der Waals surface area contributed by atoms with Crippen LogP contribution in [-0.4, -0.2) is 41.8 Å². The van der Waals surface area contributed by atoms with E-state index in [2.05, 4.69) is 49.2 Å². The van der Waals surface area contributed by atoms with E-state index in [-0.39, 0.29) is 12.1 Å². The maximum atomic E-state index is 9.88. The van der Waals surface area contributed by atoms with Gasteiger partial charge in [0.25, 0.3) is 0 Å². The van der Waals surface area contributed by atoms with Gasteiger partial charge in [-0.1, -0.05) is 32.0 Å². The molecule has 1 heterocycles. The first-order chi connectivity index (χ1) is 9.54. The van der Waals surface area contributed by atoms with Gasteiger partial charge in [-0.05, 0) is 37.3 Å². The topological polar surface area (TPSA) is 35.5 Å². The Morgan fingerprint density at radius 1 is 1.25 bits per heavy atom. The molecule has 0 aliphatic carbocycles. The second-order valence-electron chi connectivity index (χ2n) is 6.57. The SMILES string of the molecule is Cc1ccccc1NC1(CO)CCN(CC(C)C)CC1. The van der Waals surface area contributed by atoms with Gasteiger partial charge in [-0.3, -0.25) is 0 Å². The van der Waals surface area contributed by atoms with Crippen molar-refractivity contribution in [3.05, 3.63) is 29.8 Å². The van der Waals surface area contributed by atoms with Crippen molar-refractivity contribution >= 4 is 5.69 Å². The van der Waals surface area contributed by atoms with Gasteiger partial charge in [-0.15, -0.1) is 0 Å². The van der Waals surface area contributed by atoms with E-state index < -0.39 is 0 Å². The van der Waals surface area contributed by atoms with E-state index in [0.717, 1.165) is 38.2 Å². The third-order valence-electron chi connectivity index (χ3n) is 4.28. The fourth-order valence-corrected chi connectivity index (χ4v) is 3.00. The summed E-state index contributed by atoms with van der Waals surface area (Å²) in [6.45, 7) is 10.1. The molecule has 0 saturated carbocycles. The van der Waals surface area contributed by atoms with Crippen LogP contribution in [0.25, 0.3) is 0 Å². The van der Waals surface area contributed by atoms with Crippen LogP contribution in [0.5, 0.6) is 0 Å². The van der Waals surface area contributed by atoms with Crippen LogP contribution in [0.3, 0.4) is 0 Å². The molecule has 3 nitrogen and oxygen atoms in total. The van der Waals surface area contributed by atoms with Crippen molar-refractivity contribution in [2.75, 3.05) is 31.6 Å². The van der Waals surface area contributed by atoms with Crippen LogP contribution in [0.15, 0.2) is 24.3 Å². The smallest absolute Gasteiger partial charge is 0.0662 e. The lowest BCUT2D eigenvalue weighted by Crippen LogP contribution is -2.52. The number of piperidine rings is 1. The molecule has 2 rings (SSSR count). The first-order valence-electron chi connectivity index (χ1n) is 7.72. The average molecular weight is 276 g/mol. The first-order valence-corrected chi connectivity index (χ1v) is 7.72. The Bertz CT molecular complexity index is 423. The van der Waals surface area contributed by atoms with Crippen LogP contribution in [0.2, 0.25) is 0 Å². The zero-order valence-electron chi connectivity index (χ0n) is 13.0. The minimum atomic E-state index is -0.153. The summed E-state index contributed by atoms with van der Waals surface area (Å²) in [6.07, 6.45) is 2.01. The van der Waals surface area contributed by atoms with Crippen molar-refractivity contribution in [2.24, 2.45) is 5.92 Å². The van der Waals surface area contributed by atoms with Crippen LogP contribution in [-0.2, 0) is 0 Å². The number of aliphatic hydroxyl groups excluding tert-OH is 1. The van der Waals surface area contributed by atoms with E-state index in [1.807, 2.05) is 6.07 Å². The number of aliphatic hydroxyl groups is 1. The summed E-state index contributed by atoms with van der Waals surface area (Å²) in [5.74, 6) is 0.709. The van der Waals surface area contributed by atoms with Gasteiger partial charge in [0.2, 0.25) is 0 Å². The van der Waals surface area contributed by atoms with E-state index in [0.29, 0.717) is 5.92 Å². The largest absolute Gasteiger partial charge is 0.394 e. The standard InChI is InChI=1S/C17H28N2O/c1-14(2)12-19-10-8-17(13-20,9-11-19)18-16-7-5-4-6-15(16)3/h4-7,14,18,20H,8-13H2,1-3H3. The second kappa shape index (κ2) is 6.59. The average Bonchev–Trinajstić information content (AvgIpc) is 2.43. The molecule has 1 aliphatic rings. The monoisotopic (exact) mass is 276 g/mol. The Balaban J connectivity index is 2.00. The highest BCUT2D eigenvalue weighted by atomic mass is 16.3. The van der Waals surface area contributed by atoms with Crippen molar-refractivity contribution < 1.29 is 5.11 Å². The van der Waals surface area contributed by atoms with Gasteiger partial charge >= 0.3 is 0 Å². The zero-order chi connectivity index (χ0) is 14.6. The fraction of sp³-hybridized carbons (Fsp3) is 0.647. The maximum Gasteiger partial charge on any atom is 0.0662 e. The summed E-state index contributed by atoms with van der Waals surface area (Å²) in [4.78, 5) is 2.51. The molecule has 1 fully saturated rings. The normalized spacial score (nSPS) is 19.2. The molecule has 1 aromatic carbocycles. The Morgan fingerprint density at radius 3 is 2.45 bits per heavy atom. The third kappa shape index (κ3) is 3.74. The number of anilines is 1. The fourth-order valence-electron chi connectivity index (χ4n) is 3.00. The van der Waals surface area contributed by atoms with Crippen molar-refractivity contribution in [1.82, 2.24) is 4.90 Å². The summed E-state index contributed by atoms with van der Waals surface area (Å²) in [5.41, 5.74) is 2.24. The Morgan fingerprint density at radius 2 is 1.90 bits per heavy atom. The van der Waals surface area contributed by atoms with E-state index in [1.54, 1.807) is 0 Å². The molecule has 1 saturated heterocycles. The van der Waals surface area contributed by atoms with Gasteiger partial charge in [0.05, 0.1) is 12.1 Å². The molecule has 0 bridgehead atoms. The number of aryl methyl sites for hydroxylation is 1. The molecule has 1 aromatic rings. The number of nitrogens with one attached hydrogen (secondary N) is 1. The van der Waals surface area contributed by atoms with Crippen LogP contribution in [0, 0.1) is 12.8 Å². The summed E-state index contributed by atoms with van der Waals surface area (Å²) in [6, 6.07) is 8.32. The number of para-hydroxylation sites is 1. The molecular weight excluding hydrogens is 248 g/mol. The molecule has 0 aromatic heterocycles. The number of likely N-dealkylation sites (tertiary alicyclic amines) is 1. The molecule has 0 spiro atoms. The molecule has 0 atom stereocenters. The summed E-state index contributed by atoms with van der Waals surface area (Å²) < 4.78 is 0. The predicted molar refractivity (Wildman–Crippen MR) is 85.1 cm³/mol. The van der Waals surface area contributed by atoms with E-state index >= 15 is 0 Å². The van der Waals surface area contributed by atoms with Gasteiger partial charge in [0.15, 0.2) is 0 Å². The molecule has 1 aliphatic heterocycles. The number of nitrogens with zero attached hydrogens (tertiary/aromatic N) is 1. The molecule has 0 radical (unpaired) electrons. The van der Waals surface area contributed by atoms with Crippen molar-refractivity contribution in [3.63, 3.8) is 0 Å². The van der Waals surface area contributed by atoms with Crippen molar-refractivity contribution in [2.45, 2.75) is 39.2 Å². The Hall–Kier alpha value is -1.06. The van der Waals surface area contributed by atoms with E-state index in [1.165, 1.54) is 5.56 Å². The quantitative estimate of drug-likeness (QED) is 0.868. The molecule has 0 amide bonds. The van der Waals surface area contributed by atoms with Gasteiger partial charge in [0.1, 0.15) is 0 Å². The lowest BCUT2D eigenvalue weighted by atomic mass is 9.87. The van der Waals surface area contributed by atoms with Crippen LogP contribution in [0.1, 0.15) is 32.3 Å². The minimum absolute atomic E-state index is 0.153. The molecule has 20 heavy (non-hydrogen) atoms. The van der Waals surface area contributed by atoms with Crippen molar-refractivity contribution in [1.29, 1.82) is 0 Å². The van der Waals surface area contributed by atoms with Gasteiger partial charge in [-0.25, -0.2) is 0 Å². The lowest BCUT2D eigenvalue weighted by Gasteiger charge is -2.42. The Kier molecular flexibility index (Phi) is 5.06. The van der Waals surface area contributed by atoms with Gasteiger partial charge in [0, 0.05) is 25.3 Å². The van der Waals surface area contributed by atoms with Crippen LogP contribution >= 0.6 is 0 Å². The highest BCUT2D eigenvalue weighted by Crippen LogP contribution is 2.28.